The smallest absolute Gasteiger partial charge is 0.256 e. The predicted molar refractivity (Wildman–Crippen MR) is 99.5 cm³/mol. The lowest BCUT2D eigenvalue weighted by atomic mass is 10.0. The average molecular weight is 371 g/mol. The minimum atomic E-state index is 0.0136. The van der Waals surface area contributed by atoms with Crippen molar-refractivity contribution in [2.45, 2.75) is 18.0 Å². The molecule has 2 aliphatic heterocycles. The van der Waals surface area contributed by atoms with E-state index in [4.69, 9.17) is 4.74 Å². The first kappa shape index (κ1) is 17.2. The highest BCUT2D eigenvalue weighted by atomic mass is 32.2. The lowest BCUT2D eigenvalue weighted by Gasteiger charge is -2.33. The lowest BCUT2D eigenvalue weighted by molar-refractivity contribution is 0.0727. The van der Waals surface area contributed by atoms with Gasteiger partial charge in [0, 0.05) is 31.4 Å². The van der Waals surface area contributed by atoms with E-state index in [0.29, 0.717) is 18.7 Å². The highest BCUT2D eigenvalue weighted by molar-refractivity contribution is 7.98. The molecule has 1 saturated heterocycles. The van der Waals surface area contributed by atoms with E-state index in [1.165, 1.54) is 11.8 Å². The molecule has 136 valence electrons. The maximum absolute atomic E-state index is 13.0. The van der Waals surface area contributed by atoms with Gasteiger partial charge in [0.15, 0.2) is 0 Å². The van der Waals surface area contributed by atoms with Crippen LogP contribution in [0, 0.1) is 0 Å². The molecule has 26 heavy (non-hydrogen) atoms. The van der Waals surface area contributed by atoms with Crippen LogP contribution in [0.15, 0.2) is 29.7 Å². The van der Waals surface area contributed by atoms with Crippen LogP contribution in [0.5, 0.6) is 0 Å². The second-order valence-corrected chi connectivity index (χ2v) is 7.05. The molecule has 7 nitrogen and oxygen atoms in total. The highest BCUT2D eigenvalue weighted by Crippen LogP contribution is 2.28. The molecular weight excluding hydrogens is 350 g/mol. The number of pyridine rings is 1. The number of rotatable bonds is 3. The van der Waals surface area contributed by atoms with Crippen molar-refractivity contribution >= 4 is 23.5 Å². The number of carbonyl (C=O) groups excluding carboxylic acids is 1. The molecule has 0 unspecified atom stereocenters. The molecule has 2 aliphatic rings. The van der Waals surface area contributed by atoms with Crippen LogP contribution in [0.1, 0.15) is 21.6 Å². The first-order chi connectivity index (χ1) is 12.8. The van der Waals surface area contributed by atoms with Crippen molar-refractivity contribution in [3.63, 3.8) is 0 Å². The van der Waals surface area contributed by atoms with Crippen molar-refractivity contribution in [3.05, 3.63) is 41.5 Å². The quantitative estimate of drug-likeness (QED) is 0.760. The van der Waals surface area contributed by atoms with E-state index >= 15 is 0 Å². The van der Waals surface area contributed by atoms with Gasteiger partial charge in [-0.05, 0) is 24.8 Å². The maximum atomic E-state index is 13.0. The van der Waals surface area contributed by atoms with Crippen molar-refractivity contribution in [2.75, 3.05) is 44.0 Å². The Bertz CT molecular complexity index is 810. The van der Waals surface area contributed by atoms with Crippen molar-refractivity contribution in [1.29, 1.82) is 0 Å². The summed E-state index contributed by atoms with van der Waals surface area (Å²) >= 11 is 1.49. The number of carbonyl (C=O) groups is 1. The van der Waals surface area contributed by atoms with E-state index in [-0.39, 0.29) is 5.91 Å². The number of hydrogen-bond donors (Lipinski definition) is 0. The first-order valence-corrected chi connectivity index (χ1v) is 9.94. The van der Waals surface area contributed by atoms with Gasteiger partial charge in [0.2, 0.25) is 0 Å². The van der Waals surface area contributed by atoms with E-state index in [1.54, 1.807) is 12.5 Å². The number of hydrogen-bond acceptors (Lipinski definition) is 7. The van der Waals surface area contributed by atoms with Crippen LogP contribution >= 0.6 is 11.8 Å². The Morgan fingerprint density at radius 2 is 2.04 bits per heavy atom. The van der Waals surface area contributed by atoms with Gasteiger partial charge in [-0.25, -0.2) is 15.0 Å². The molecule has 0 aliphatic carbocycles. The molecule has 0 spiro atoms. The van der Waals surface area contributed by atoms with Crippen LogP contribution in [0.3, 0.4) is 0 Å². The molecule has 4 rings (SSSR count). The fraction of sp³-hybridized carbons (Fsp3) is 0.444. The molecular formula is C18H21N5O2S. The Hall–Kier alpha value is -2.19. The number of morpholine rings is 1. The van der Waals surface area contributed by atoms with Gasteiger partial charge in [0.05, 0.1) is 31.0 Å². The Labute approximate surface area is 156 Å². The molecule has 0 saturated carbocycles. The second-order valence-electron chi connectivity index (χ2n) is 6.26. The molecule has 0 radical (unpaired) electrons. The average Bonchev–Trinajstić information content (AvgIpc) is 2.73. The highest BCUT2D eigenvalue weighted by Gasteiger charge is 2.28. The summed E-state index contributed by atoms with van der Waals surface area (Å²) in [4.78, 5) is 30.4. The van der Waals surface area contributed by atoms with Crippen LogP contribution in [0.25, 0.3) is 0 Å². The summed E-state index contributed by atoms with van der Waals surface area (Å²) in [7, 11) is 0. The van der Waals surface area contributed by atoms with Crippen LogP contribution in [-0.4, -0.2) is 64.9 Å². The number of aromatic nitrogens is 3. The molecule has 8 heteroatoms. The fourth-order valence-corrected chi connectivity index (χ4v) is 3.99. The molecule has 0 atom stereocenters. The zero-order valence-corrected chi connectivity index (χ0v) is 15.5. The van der Waals surface area contributed by atoms with E-state index < -0.39 is 0 Å². The molecule has 1 amide bonds. The largest absolute Gasteiger partial charge is 0.378 e. The van der Waals surface area contributed by atoms with Gasteiger partial charge in [-0.1, -0.05) is 0 Å². The molecule has 2 aromatic heterocycles. The zero-order chi connectivity index (χ0) is 17.9. The standard InChI is InChI=1S/C18H21N5O2S/c1-26-17-14(3-2-5-19-17)18(24)23-6-4-13-15(11-23)20-12-21-16(13)22-7-9-25-10-8-22/h2-3,5,12H,4,6-11H2,1H3. The zero-order valence-electron chi connectivity index (χ0n) is 14.7. The molecule has 2 aromatic rings. The van der Waals surface area contributed by atoms with Crippen LogP contribution in [-0.2, 0) is 17.7 Å². The lowest BCUT2D eigenvalue weighted by Crippen LogP contribution is -2.40. The van der Waals surface area contributed by atoms with Gasteiger partial charge >= 0.3 is 0 Å². The third kappa shape index (κ3) is 3.26. The van der Waals surface area contributed by atoms with Gasteiger partial charge in [0.1, 0.15) is 17.2 Å². The number of fused-ring (bicyclic) bond motifs is 1. The maximum Gasteiger partial charge on any atom is 0.256 e. The van der Waals surface area contributed by atoms with Gasteiger partial charge in [-0.2, -0.15) is 0 Å². The first-order valence-electron chi connectivity index (χ1n) is 8.71. The minimum Gasteiger partial charge on any atom is -0.378 e. The van der Waals surface area contributed by atoms with Gasteiger partial charge in [-0.3, -0.25) is 4.79 Å². The monoisotopic (exact) mass is 371 g/mol. The summed E-state index contributed by atoms with van der Waals surface area (Å²) in [6, 6.07) is 3.65. The van der Waals surface area contributed by atoms with Crippen molar-refractivity contribution < 1.29 is 9.53 Å². The number of anilines is 1. The van der Waals surface area contributed by atoms with Crippen molar-refractivity contribution in [1.82, 2.24) is 19.9 Å². The molecule has 0 N–H and O–H groups in total. The van der Waals surface area contributed by atoms with Crippen LogP contribution in [0.2, 0.25) is 0 Å². The topological polar surface area (TPSA) is 71.5 Å². The van der Waals surface area contributed by atoms with E-state index in [9.17, 15) is 4.79 Å². The molecule has 0 bridgehead atoms. The summed E-state index contributed by atoms with van der Waals surface area (Å²) in [5.41, 5.74) is 2.76. The van der Waals surface area contributed by atoms with E-state index in [1.807, 2.05) is 23.3 Å². The van der Waals surface area contributed by atoms with Gasteiger partial charge < -0.3 is 14.5 Å². The summed E-state index contributed by atoms with van der Waals surface area (Å²) < 4.78 is 5.44. The Kier molecular flexibility index (Phi) is 5.03. The fourth-order valence-electron chi connectivity index (χ4n) is 3.44. The minimum absolute atomic E-state index is 0.0136. The number of ether oxygens (including phenoxy) is 1. The Balaban J connectivity index is 1.57. The van der Waals surface area contributed by atoms with E-state index in [0.717, 1.165) is 54.8 Å². The van der Waals surface area contributed by atoms with Gasteiger partial charge in [-0.15, -0.1) is 11.8 Å². The van der Waals surface area contributed by atoms with Gasteiger partial charge in [0.25, 0.3) is 5.91 Å². The van der Waals surface area contributed by atoms with Crippen LogP contribution < -0.4 is 4.90 Å². The molecule has 4 heterocycles. The van der Waals surface area contributed by atoms with Crippen LogP contribution in [0.4, 0.5) is 5.82 Å². The predicted octanol–water partition coefficient (Wildman–Crippen LogP) is 1.63. The van der Waals surface area contributed by atoms with Crippen molar-refractivity contribution in [3.8, 4) is 0 Å². The third-order valence-electron chi connectivity index (χ3n) is 4.78. The number of thioether (sulfide) groups is 1. The normalized spacial score (nSPS) is 17.1. The number of amides is 1. The molecule has 0 aromatic carbocycles. The molecule has 1 fully saturated rings. The summed E-state index contributed by atoms with van der Waals surface area (Å²) in [5, 5.41) is 0.764. The summed E-state index contributed by atoms with van der Waals surface area (Å²) in [6.07, 6.45) is 6.03. The Morgan fingerprint density at radius 3 is 2.85 bits per heavy atom. The summed E-state index contributed by atoms with van der Waals surface area (Å²) in [5.74, 6) is 1.01. The van der Waals surface area contributed by atoms with Crippen molar-refractivity contribution in [2.24, 2.45) is 0 Å². The second kappa shape index (κ2) is 7.59. The number of nitrogens with zero attached hydrogens (tertiary/aromatic N) is 5. The third-order valence-corrected chi connectivity index (χ3v) is 5.49. The Morgan fingerprint density at radius 1 is 1.19 bits per heavy atom. The SMILES string of the molecule is CSc1ncccc1C(=O)N1CCc2c(ncnc2N2CCOCC2)C1. The van der Waals surface area contributed by atoms with E-state index in [2.05, 4.69) is 19.9 Å². The summed E-state index contributed by atoms with van der Waals surface area (Å²) in [6.45, 7) is 4.32.